The molecule has 120 valence electrons. The van der Waals surface area contributed by atoms with Crippen molar-refractivity contribution in [2.24, 2.45) is 0 Å². The van der Waals surface area contributed by atoms with Crippen molar-refractivity contribution in [3.05, 3.63) is 59.4 Å². The zero-order chi connectivity index (χ0) is 16.8. The van der Waals surface area contributed by atoms with E-state index >= 15 is 0 Å². The fourth-order valence-electron chi connectivity index (χ4n) is 1.95. The minimum absolute atomic E-state index is 0.0199. The maximum atomic E-state index is 12.9. The van der Waals surface area contributed by atoms with Crippen LogP contribution < -0.4 is 11.1 Å². The van der Waals surface area contributed by atoms with E-state index in [1.54, 1.807) is 12.1 Å². The van der Waals surface area contributed by atoms with Gasteiger partial charge in [-0.25, -0.2) is 9.18 Å². The normalized spacial score (nSPS) is 10.2. The lowest BCUT2D eigenvalue weighted by atomic mass is 10.1. The third-order valence-electron chi connectivity index (χ3n) is 3.21. The molecule has 0 unspecified atom stereocenters. The molecular formula is C17H17FN2O3. The minimum Gasteiger partial charge on any atom is -0.452 e. The summed E-state index contributed by atoms with van der Waals surface area (Å²) in [4.78, 5) is 23.6. The second-order valence-corrected chi connectivity index (χ2v) is 4.91. The highest BCUT2D eigenvalue weighted by molar-refractivity contribution is 5.98. The van der Waals surface area contributed by atoms with E-state index in [-0.39, 0.29) is 11.3 Å². The van der Waals surface area contributed by atoms with Gasteiger partial charge >= 0.3 is 5.97 Å². The number of halogens is 1. The Kier molecular flexibility index (Phi) is 5.30. The molecule has 23 heavy (non-hydrogen) atoms. The number of amides is 1. The molecule has 0 saturated heterocycles. The van der Waals surface area contributed by atoms with Crippen LogP contribution in [-0.4, -0.2) is 18.5 Å². The molecule has 0 aromatic heterocycles. The summed E-state index contributed by atoms with van der Waals surface area (Å²) in [6.07, 6.45) is 0.908. The highest BCUT2D eigenvalue weighted by atomic mass is 19.1. The number of rotatable bonds is 5. The highest BCUT2D eigenvalue weighted by Gasteiger charge is 2.14. The lowest BCUT2D eigenvalue weighted by molar-refractivity contribution is -0.119. The largest absolute Gasteiger partial charge is 0.452 e. The summed E-state index contributed by atoms with van der Waals surface area (Å²) in [6, 6.07) is 10.7. The number of benzene rings is 2. The first-order valence-electron chi connectivity index (χ1n) is 7.10. The Bertz CT molecular complexity index is 714. The number of anilines is 2. The third-order valence-corrected chi connectivity index (χ3v) is 3.21. The van der Waals surface area contributed by atoms with Crippen molar-refractivity contribution in [2.75, 3.05) is 17.7 Å². The topological polar surface area (TPSA) is 81.4 Å². The van der Waals surface area contributed by atoms with Gasteiger partial charge in [0.05, 0.1) is 5.56 Å². The van der Waals surface area contributed by atoms with Gasteiger partial charge in [0, 0.05) is 11.4 Å². The zero-order valence-electron chi connectivity index (χ0n) is 12.6. The van der Waals surface area contributed by atoms with Crippen molar-refractivity contribution < 1.29 is 18.7 Å². The van der Waals surface area contributed by atoms with E-state index in [2.05, 4.69) is 5.32 Å². The average molecular weight is 316 g/mol. The Labute approximate surface area is 133 Å². The highest BCUT2D eigenvalue weighted by Crippen LogP contribution is 2.15. The van der Waals surface area contributed by atoms with Gasteiger partial charge in [-0.1, -0.05) is 19.1 Å². The van der Waals surface area contributed by atoms with E-state index in [1.807, 2.05) is 19.1 Å². The maximum Gasteiger partial charge on any atom is 0.340 e. The second kappa shape index (κ2) is 7.40. The van der Waals surface area contributed by atoms with Crippen LogP contribution in [-0.2, 0) is 16.0 Å². The number of nitrogens with one attached hydrogen (secondary N) is 1. The van der Waals surface area contributed by atoms with Gasteiger partial charge in [0.1, 0.15) is 5.82 Å². The first-order valence-corrected chi connectivity index (χ1v) is 7.10. The van der Waals surface area contributed by atoms with Crippen molar-refractivity contribution in [3.63, 3.8) is 0 Å². The van der Waals surface area contributed by atoms with Gasteiger partial charge in [0.15, 0.2) is 6.61 Å². The number of carbonyl (C=O) groups is 2. The van der Waals surface area contributed by atoms with E-state index in [9.17, 15) is 14.0 Å². The van der Waals surface area contributed by atoms with Crippen LogP contribution in [0, 0.1) is 5.82 Å². The van der Waals surface area contributed by atoms with Crippen LogP contribution in [0.15, 0.2) is 42.5 Å². The van der Waals surface area contributed by atoms with Gasteiger partial charge in [-0.3, -0.25) is 4.79 Å². The fourth-order valence-corrected chi connectivity index (χ4v) is 1.95. The molecular weight excluding hydrogens is 299 g/mol. The molecule has 0 spiro atoms. The number of esters is 1. The number of hydrogen-bond acceptors (Lipinski definition) is 4. The van der Waals surface area contributed by atoms with Crippen molar-refractivity contribution in [1.82, 2.24) is 0 Å². The minimum atomic E-state index is -0.779. The first-order chi connectivity index (χ1) is 11.0. The van der Waals surface area contributed by atoms with Gasteiger partial charge in [-0.05, 0) is 42.3 Å². The SMILES string of the molecule is CCc1ccc(NC(=O)COC(=O)c2ccc(F)cc2N)cc1. The monoisotopic (exact) mass is 316 g/mol. The molecule has 0 heterocycles. The van der Waals surface area contributed by atoms with E-state index < -0.39 is 24.3 Å². The molecule has 2 aromatic rings. The van der Waals surface area contributed by atoms with Crippen LogP contribution in [0.2, 0.25) is 0 Å². The number of ether oxygens (including phenoxy) is 1. The molecule has 1 amide bonds. The predicted octanol–water partition coefficient (Wildman–Crippen LogP) is 2.77. The summed E-state index contributed by atoms with van der Waals surface area (Å²) in [5.74, 6) is -1.80. The van der Waals surface area contributed by atoms with Crippen molar-refractivity contribution >= 4 is 23.3 Å². The fraction of sp³-hybridized carbons (Fsp3) is 0.176. The molecule has 0 fully saturated rings. The Morgan fingerprint density at radius 3 is 2.48 bits per heavy atom. The smallest absolute Gasteiger partial charge is 0.340 e. The molecule has 5 nitrogen and oxygen atoms in total. The van der Waals surface area contributed by atoms with Crippen molar-refractivity contribution in [2.45, 2.75) is 13.3 Å². The summed E-state index contributed by atoms with van der Waals surface area (Å²) in [5.41, 5.74) is 7.29. The van der Waals surface area contributed by atoms with Gasteiger partial charge in [-0.2, -0.15) is 0 Å². The van der Waals surface area contributed by atoms with Gasteiger partial charge in [0.2, 0.25) is 0 Å². The van der Waals surface area contributed by atoms with Gasteiger partial charge in [0.25, 0.3) is 5.91 Å². The summed E-state index contributed by atoms with van der Waals surface area (Å²) in [7, 11) is 0. The van der Waals surface area contributed by atoms with E-state index in [0.29, 0.717) is 5.69 Å². The number of hydrogen-bond donors (Lipinski definition) is 2. The number of nitrogens with two attached hydrogens (primary N) is 1. The van der Waals surface area contributed by atoms with Crippen LogP contribution in [0.4, 0.5) is 15.8 Å². The Morgan fingerprint density at radius 1 is 1.17 bits per heavy atom. The number of nitrogen functional groups attached to an aromatic ring is 1. The van der Waals surface area contributed by atoms with Gasteiger partial charge < -0.3 is 15.8 Å². The second-order valence-electron chi connectivity index (χ2n) is 4.91. The quantitative estimate of drug-likeness (QED) is 0.656. The Hall–Kier alpha value is -2.89. The van der Waals surface area contributed by atoms with Crippen LogP contribution >= 0.6 is 0 Å². The van der Waals surface area contributed by atoms with Crippen LogP contribution in [0.25, 0.3) is 0 Å². The van der Waals surface area contributed by atoms with E-state index in [4.69, 9.17) is 10.5 Å². The molecule has 0 aliphatic heterocycles. The molecule has 0 aliphatic rings. The van der Waals surface area contributed by atoms with Crippen molar-refractivity contribution in [3.8, 4) is 0 Å². The third kappa shape index (κ3) is 4.54. The molecule has 6 heteroatoms. The summed E-state index contributed by atoms with van der Waals surface area (Å²) in [6.45, 7) is 1.58. The first kappa shape index (κ1) is 16.5. The molecule has 2 rings (SSSR count). The standard InChI is InChI=1S/C17H17FN2O3/c1-2-11-3-6-13(7-4-11)20-16(21)10-23-17(22)14-8-5-12(18)9-15(14)19/h3-9H,2,10,19H2,1H3,(H,20,21). The van der Waals surface area contributed by atoms with Crippen LogP contribution in [0.3, 0.4) is 0 Å². The zero-order valence-corrected chi connectivity index (χ0v) is 12.6. The molecule has 0 radical (unpaired) electrons. The van der Waals surface area contributed by atoms with Crippen molar-refractivity contribution in [1.29, 1.82) is 0 Å². The summed E-state index contributed by atoms with van der Waals surface area (Å²) < 4.78 is 17.8. The lowest BCUT2D eigenvalue weighted by Gasteiger charge is -2.08. The lowest BCUT2D eigenvalue weighted by Crippen LogP contribution is -2.21. The molecule has 0 saturated carbocycles. The Morgan fingerprint density at radius 2 is 1.87 bits per heavy atom. The number of aryl methyl sites for hydroxylation is 1. The predicted molar refractivity (Wildman–Crippen MR) is 85.5 cm³/mol. The Balaban J connectivity index is 1.89. The van der Waals surface area contributed by atoms with Crippen LogP contribution in [0.1, 0.15) is 22.8 Å². The average Bonchev–Trinajstić information content (AvgIpc) is 2.53. The molecule has 0 atom stereocenters. The van der Waals surface area contributed by atoms with Gasteiger partial charge in [-0.15, -0.1) is 0 Å². The molecule has 0 bridgehead atoms. The number of carbonyl (C=O) groups excluding carboxylic acids is 2. The summed E-state index contributed by atoms with van der Waals surface area (Å²) in [5, 5.41) is 2.62. The maximum absolute atomic E-state index is 12.9. The molecule has 0 aliphatic carbocycles. The van der Waals surface area contributed by atoms with Crippen LogP contribution in [0.5, 0.6) is 0 Å². The van der Waals surface area contributed by atoms with E-state index in [1.165, 1.54) is 6.07 Å². The molecule has 2 aromatic carbocycles. The summed E-state index contributed by atoms with van der Waals surface area (Å²) >= 11 is 0. The molecule has 3 N–H and O–H groups in total. The van der Waals surface area contributed by atoms with E-state index in [0.717, 1.165) is 24.1 Å².